The first-order valence-electron chi connectivity index (χ1n) is 8.32. The summed E-state index contributed by atoms with van der Waals surface area (Å²) in [5.74, 6) is 0.872. The molecule has 0 aromatic heterocycles. The molecule has 4 nitrogen and oxygen atoms in total. The molecule has 1 heterocycles. The summed E-state index contributed by atoms with van der Waals surface area (Å²) >= 11 is 0. The molecule has 0 bridgehead atoms. The van der Waals surface area contributed by atoms with Crippen LogP contribution in [-0.2, 0) is 10.0 Å². The molecule has 1 N–H and O–H groups in total. The molecule has 0 amide bonds. The number of nitrogens with one attached hydrogen (secondary N) is 1. The minimum atomic E-state index is -3.12. The maximum atomic E-state index is 12.6. The summed E-state index contributed by atoms with van der Waals surface area (Å²) in [6, 6.07) is 0.141. The molecule has 0 saturated carbocycles. The average molecular weight is 319 g/mol. The molecule has 1 aliphatic rings. The van der Waals surface area contributed by atoms with Crippen LogP contribution in [0.25, 0.3) is 0 Å². The van der Waals surface area contributed by atoms with Gasteiger partial charge in [-0.25, -0.2) is 8.42 Å². The van der Waals surface area contributed by atoms with E-state index in [1.54, 1.807) is 4.31 Å². The Balaban J connectivity index is 2.62. The Morgan fingerprint density at radius 1 is 1.24 bits per heavy atom. The van der Waals surface area contributed by atoms with Crippen LogP contribution in [0.5, 0.6) is 0 Å². The van der Waals surface area contributed by atoms with E-state index < -0.39 is 10.0 Å². The van der Waals surface area contributed by atoms with Crippen molar-refractivity contribution in [2.45, 2.75) is 66.3 Å². The van der Waals surface area contributed by atoms with E-state index in [4.69, 9.17) is 0 Å². The Bertz CT molecular complexity index is 399. The quantitative estimate of drug-likeness (QED) is 0.785. The molecule has 1 rings (SSSR count). The molecule has 1 fully saturated rings. The molecule has 5 heteroatoms. The first kappa shape index (κ1) is 18.9. The highest BCUT2D eigenvalue weighted by atomic mass is 32.2. The van der Waals surface area contributed by atoms with E-state index in [1.807, 2.05) is 0 Å². The molecule has 0 spiro atoms. The molecule has 1 atom stereocenters. The van der Waals surface area contributed by atoms with Crippen molar-refractivity contribution in [3.05, 3.63) is 0 Å². The lowest BCUT2D eigenvalue weighted by atomic mass is 9.94. The fourth-order valence-corrected chi connectivity index (χ4v) is 4.78. The second kappa shape index (κ2) is 7.93. The Hall–Kier alpha value is -0.130. The van der Waals surface area contributed by atoms with Gasteiger partial charge in [-0.15, -0.1) is 0 Å². The summed E-state index contributed by atoms with van der Waals surface area (Å²) in [5.41, 5.74) is 0.0637. The van der Waals surface area contributed by atoms with Crippen molar-refractivity contribution < 1.29 is 8.42 Å². The van der Waals surface area contributed by atoms with Gasteiger partial charge in [0.1, 0.15) is 0 Å². The summed E-state index contributed by atoms with van der Waals surface area (Å²) in [6.45, 7) is 13.1. The number of sulfonamides is 1. The molecule has 1 aliphatic heterocycles. The van der Waals surface area contributed by atoms with Crippen molar-refractivity contribution >= 4 is 10.0 Å². The zero-order valence-electron chi connectivity index (χ0n) is 14.5. The molecule has 0 aliphatic carbocycles. The van der Waals surface area contributed by atoms with Crippen molar-refractivity contribution in [3.63, 3.8) is 0 Å². The summed E-state index contributed by atoms with van der Waals surface area (Å²) < 4.78 is 27.0. The van der Waals surface area contributed by atoms with E-state index in [1.165, 1.54) is 0 Å². The lowest BCUT2D eigenvalue weighted by Crippen LogP contribution is -2.49. The van der Waals surface area contributed by atoms with E-state index in [0.29, 0.717) is 12.5 Å². The highest BCUT2D eigenvalue weighted by Crippen LogP contribution is 2.24. The van der Waals surface area contributed by atoms with Crippen LogP contribution in [0.1, 0.15) is 60.3 Å². The predicted octanol–water partition coefficient (Wildman–Crippen LogP) is 2.85. The van der Waals surface area contributed by atoms with Gasteiger partial charge >= 0.3 is 0 Å². The third-order valence-electron chi connectivity index (χ3n) is 3.97. The predicted molar refractivity (Wildman–Crippen MR) is 89.9 cm³/mol. The third-order valence-corrected chi connectivity index (χ3v) is 5.89. The van der Waals surface area contributed by atoms with Crippen LogP contribution >= 0.6 is 0 Å². The molecule has 1 unspecified atom stereocenters. The lowest BCUT2D eigenvalue weighted by Gasteiger charge is -2.35. The Morgan fingerprint density at radius 3 is 2.48 bits per heavy atom. The maximum absolute atomic E-state index is 12.6. The summed E-state index contributed by atoms with van der Waals surface area (Å²) in [4.78, 5) is 0. The van der Waals surface area contributed by atoms with Gasteiger partial charge in [-0.05, 0) is 37.1 Å². The van der Waals surface area contributed by atoms with Gasteiger partial charge in [0.05, 0.1) is 5.75 Å². The van der Waals surface area contributed by atoms with Gasteiger partial charge in [0.25, 0.3) is 0 Å². The van der Waals surface area contributed by atoms with E-state index in [0.717, 1.165) is 38.8 Å². The zero-order chi connectivity index (χ0) is 16.1. The summed E-state index contributed by atoms with van der Waals surface area (Å²) in [7, 11) is -3.12. The Labute approximate surface area is 131 Å². The highest BCUT2D eigenvalue weighted by molar-refractivity contribution is 7.89. The minimum absolute atomic E-state index is 0.0637. The van der Waals surface area contributed by atoms with Crippen molar-refractivity contribution in [3.8, 4) is 0 Å². The maximum Gasteiger partial charge on any atom is 0.214 e. The third kappa shape index (κ3) is 7.11. The van der Waals surface area contributed by atoms with Crippen LogP contribution in [0.3, 0.4) is 0 Å². The molecule has 0 aromatic rings. The van der Waals surface area contributed by atoms with Gasteiger partial charge in [0.2, 0.25) is 10.0 Å². The summed E-state index contributed by atoms with van der Waals surface area (Å²) in [5, 5.41) is 3.42. The van der Waals surface area contributed by atoms with Crippen LogP contribution in [0, 0.1) is 11.3 Å². The number of piperidine rings is 1. The largest absolute Gasteiger partial charge is 0.315 e. The minimum Gasteiger partial charge on any atom is -0.315 e. The smallest absolute Gasteiger partial charge is 0.214 e. The van der Waals surface area contributed by atoms with Gasteiger partial charge in [-0.3, -0.25) is 0 Å². The normalized spacial score (nSPS) is 21.9. The van der Waals surface area contributed by atoms with Crippen molar-refractivity contribution in [1.82, 2.24) is 9.62 Å². The van der Waals surface area contributed by atoms with Crippen molar-refractivity contribution in [1.29, 1.82) is 0 Å². The summed E-state index contributed by atoms with van der Waals surface area (Å²) in [6.07, 6.45) is 3.84. The first-order valence-corrected chi connectivity index (χ1v) is 9.93. The topological polar surface area (TPSA) is 49.4 Å². The lowest BCUT2D eigenvalue weighted by molar-refractivity contribution is 0.242. The van der Waals surface area contributed by atoms with Gasteiger partial charge < -0.3 is 5.32 Å². The highest BCUT2D eigenvalue weighted by Gasteiger charge is 2.32. The fraction of sp³-hybridized carbons (Fsp3) is 1.00. The molecular formula is C16H34N2O2S. The second-order valence-corrected chi connectivity index (χ2v) is 9.98. The van der Waals surface area contributed by atoms with Crippen molar-refractivity contribution in [2.24, 2.45) is 11.3 Å². The van der Waals surface area contributed by atoms with Gasteiger partial charge in [-0.1, -0.05) is 41.0 Å². The van der Waals surface area contributed by atoms with Crippen LogP contribution in [0.15, 0.2) is 0 Å². The van der Waals surface area contributed by atoms with E-state index >= 15 is 0 Å². The number of rotatable bonds is 7. The Morgan fingerprint density at radius 2 is 1.90 bits per heavy atom. The zero-order valence-corrected chi connectivity index (χ0v) is 15.3. The average Bonchev–Trinajstić information content (AvgIpc) is 2.36. The molecule has 126 valence electrons. The van der Waals surface area contributed by atoms with Crippen LogP contribution in [-0.4, -0.2) is 44.2 Å². The van der Waals surface area contributed by atoms with Crippen LogP contribution < -0.4 is 5.32 Å². The Kier molecular flexibility index (Phi) is 7.14. The van der Waals surface area contributed by atoms with E-state index in [9.17, 15) is 8.42 Å². The number of hydrogen-bond donors (Lipinski definition) is 1. The van der Waals surface area contributed by atoms with Gasteiger partial charge in [-0.2, -0.15) is 4.31 Å². The van der Waals surface area contributed by atoms with Crippen LogP contribution in [0.4, 0.5) is 0 Å². The van der Waals surface area contributed by atoms with E-state index in [2.05, 4.69) is 39.9 Å². The SMILES string of the molecule is CC(C)CNCC1CCCCN1S(=O)(=O)CCC(C)(C)C. The van der Waals surface area contributed by atoms with Gasteiger partial charge in [0, 0.05) is 19.1 Å². The molecule has 1 saturated heterocycles. The monoisotopic (exact) mass is 318 g/mol. The number of hydrogen-bond acceptors (Lipinski definition) is 3. The molecule has 21 heavy (non-hydrogen) atoms. The molecule has 0 aromatic carbocycles. The standard InChI is InChI=1S/C16H34N2O2S/c1-14(2)12-17-13-15-8-6-7-10-18(15)21(19,20)11-9-16(3,4)5/h14-15,17H,6-13H2,1-5H3. The molecule has 0 radical (unpaired) electrons. The second-order valence-electron chi connectivity index (χ2n) is 7.94. The van der Waals surface area contributed by atoms with Crippen molar-refractivity contribution in [2.75, 3.05) is 25.4 Å². The van der Waals surface area contributed by atoms with E-state index in [-0.39, 0.29) is 17.2 Å². The first-order chi connectivity index (χ1) is 9.62. The number of nitrogens with zero attached hydrogens (tertiary/aromatic N) is 1. The fourth-order valence-electron chi connectivity index (χ4n) is 2.64. The molecular weight excluding hydrogens is 284 g/mol. The van der Waals surface area contributed by atoms with Crippen LogP contribution in [0.2, 0.25) is 0 Å². The van der Waals surface area contributed by atoms with Gasteiger partial charge in [0.15, 0.2) is 0 Å².